The Balaban J connectivity index is 5.15. The molecule has 20 heavy (non-hydrogen) atoms. The van der Waals surface area contributed by atoms with Gasteiger partial charge in [-0.3, -0.25) is 14.4 Å². The highest BCUT2D eigenvalue weighted by molar-refractivity contribution is 5.91. The van der Waals surface area contributed by atoms with E-state index in [1.165, 1.54) is 0 Å². The number of nitrogens with one attached hydrogen (secondary N) is 1. The zero-order valence-corrected chi connectivity index (χ0v) is 11.5. The molecule has 0 saturated carbocycles. The van der Waals surface area contributed by atoms with Gasteiger partial charge in [0.15, 0.2) is 0 Å². The van der Waals surface area contributed by atoms with Crippen molar-refractivity contribution in [2.45, 2.75) is 26.3 Å². The number of carboxylic acids is 1. The number of aliphatic carboxylic acids is 1. The van der Waals surface area contributed by atoms with Crippen molar-refractivity contribution >= 4 is 23.8 Å². The molecule has 114 valence electrons. The Bertz CT molecular complexity index is 382. The summed E-state index contributed by atoms with van der Waals surface area (Å²) in [6.07, 6.45) is 0.550. The first kappa shape index (κ1) is 17.7. The minimum Gasteiger partial charge on any atom is -0.480 e. The lowest BCUT2D eigenvalue weighted by Gasteiger charge is -2.28. The molecule has 2 unspecified atom stereocenters. The van der Waals surface area contributed by atoms with Crippen LogP contribution in [0.4, 0.5) is 4.79 Å². The normalized spacial score (nSPS) is 13.1. The first-order chi connectivity index (χ1) is 9.18. The number of hydrogen-bond donors (Lipinski definition) is 4. The average molecular weight is 288 g/mol. The summed E-state index contributed by atoms with van der Waals surface area (Å²) >= 11 is 0. The second kappa shape index (κ2) is 7.97. The molecule has 6 N–H and O–H groups in total. The third kappa shape index (κ3) is 6.03. The summed E-state index contributed by atoms with van der Waals surface area (Å²) in [6.45, 7) is 2.26. The fraction of sp³-hybridized carbons (Fsp3) is 0.636. The van der Waals surface area contributed by atoms with E-state index in [0.717, 1.165) is 4.90 Å². The van der Waals surface area contributed by atoms with Crippen molar-refractivity contribution in [3.05, 3.63) is 0 Å². The molecule has 0 aromatic rings. The quantitative estimate of drug-likeness (QED) is 0.426. The number of carbonyl (C=O) groups excluding carboxylic acids is 3. The van der Waals surface area contributed by atoms with Crippen molar-refractivity contribution in [2.75, 3.05) is 13.1 Å². The molecule has 0 spiro atoms. The molecule has 0 heterocycles. The van der Waals surface area contributed by atoms with Gasteiger partial charge in [-0.2, -0.15) is 0 Å². The van der Waals surface area contributed by atoms with E-state index in [4.69, 9.17) is 16.6 Å². The van der Waals surface area contributed by atoms with Gasteiger partial charge in [0.1, 0.15) is 19.1 Å². The Kier molecular flexibility index (Phi) is 7.05. The number of rotatable bonds is 8. The molecule has 0 fully saturated rings. The molecule has 0 bridgehead atoms. The van der Waals surface area contributed by atoms with E-state index in [2.05, 4.69) is 5.32 Å². The van der Waals surface area contributed by atoms with Crippen LogP contribution in [-0.2, 0) is 14.4 Å². The van der Waals surface area contributed by atoms with Gasteiger partial charge < -0.3 is 26.8 Å². The Labute approximate surface area is 116 Å². The van der Waals surface area contributed by atoms with Gasteiger partial charge in [0.25, 0.3) is 0 Å². The molecule has 2 atom stereocenters. The third-order valence-corrected chi connectivity index (χ3v) is 2.76. The van der Waals surface area contributed by atoms with E-state index >= 15 is 0 Å². The van der Waals surface area contributed by atoms with Crippen LogP contribution in [0.15, 0.2) is 0 Å². The van der Waals surface area contributed by atoms with Crippen LogP contribution in [0.1, 0.15) is 20.3 Å². The van der Waals surface area contributed by atoms with Crippen molar-refractivity contribution in [2.24, 2.45) is 17.4 Å². The SMILES string of the molecule is CCC(C)C(NC(N)=O)C(=O)N(CC(N)=O)CC(=O)O. The second-order valence-electron chi connectivity index (χ2n) is 4.43. The van der Waals surface area contributed by atoms with Crippen LogP contribution in [0, 0.1) is 5.92 Å². The highest BCUT2D eigenvalue weighted by atomic mass is 16.4. The number of primary amides is 2. The molecule has 0 aromatic heterocycles. The summed E-state index contributed by atoms with van der Waals surface area (Å²) in [4.78, 5) is 45.6. The lowest BCUT2D eigenvalue weighted by Crippen LogP contribution is -2.55. The van der Waals surface area contributed by atoms with Gasteiger partial charge in [0.2, 0.25) is 11.8 Å². The maximum atomic E-state index is 12.2. The molecule has 0 radical (unpaired) electrons. The Hall–Kier alpha value is -2.32. The molecular weight excluding hydrogens is 268 g/mol. The van der Waals surface area contributed by atoms with Gasteiger partial charge >= 0.3 is 12.0 Å². The standard InChI is InChI=1S/C11H20N4O5/c1-3-6(2)9(14-11(13)20)10(19)15(4-7(12)16)5-8(17)18/h6,9H,3-5H2,1-2H3,(H2,12,16)(H,17,18)(H3,13,14,20). The van der Waals surface area contributed by atoms with E-state index in [1.807, 2.05) is 0 Å². The summed E-state index contributed by atoms with van der Waals surface area (Å²) in [5.74, 6) is -3.12. The number of nitrogens with two attached hydrogens (primary N) is 2. The summed E-state index contributed by atoms with van der Waals surface area (Å²) in [5, 5.41) is 11.0. The predicted octanol–water partition coefficient (Wildman–Crippen LogP) is -1.53. The van der Waals surface area contributed by atoms with E-state index in [1.54, 1.807) is 13.8 Å². The van der Waals surface area contributed by atoms with Crippen molar-refractivity contribution in [3.8, 4) is 0 Å². The maximum absolute atomic E-state index is 12.2. The van der Waals surface area contributed by atoms with Gasteiger partial charge in [-0.15, -0.1) is 0 Å². The summed E-state index contributed by atoms with van der Waals surface area (Å²) in [5.41, 5.74) is 9.98. The number of carboxylic acid groups (broad SMARTS) is 1. The van der Waals surface area contributed by atoms with Gasteiger partial charge in [-0.05, 0) is 5.92 Å². The smallest absolute Gasteiger partial charge is 0.323 e. The van der Waals surface area contributed by atoms with Crippen molar-refractivity contribution < 1.29 is 24.3 Å². The fourth-order valence-corrected chi connectivity index (χ4v) is 1.60. The monoisotopic (exact) mass is 288 g/mol. The largest absolute Gasteiger partial charge is 0.480 e. The van der Waals surface area contributed by atoms with Crippen LogP contribution in [0.25, 0.3) is 0 Å². The molecule has 9 nitrogen and oxygen atoms in total. The number of carbonyl (C=O) groups is 4. The van der Waals surface area contributed by atoms with Crippen LogP contribution in [0.2, 0.25) is 0 Å². The summed E-state index contributed by atoms with van der Waals surface area (Å²) in [7, 11) is 0. The molecule has 9 heteroatoms. The number of nitrogens with zero attached hydrogens (tertiary/aromatic N) is 1. The Morgan fingerprint density at radius 3 is 2.10 bits per heavy atom. The average Bonchev–Trinajstić information content (AvgIpc) is 2.32. The number of urea groups is 1. The zero-order valence-electron chi connectivity index (χ0n) is 11.5. The second-order valence-corrected chi connectivity index (χ2v) is 4.43. The van der Waals surface area contributed by atoms with Crippen LogP contribution < -0.4 is 16.8 Å². The minimum atomic E-state index is -1.29. The Morgan fingerprint density at radius 2 is 1.75 bits per heavy atom. The number of amides is 4. The predicted molar refractivity (Wildman–Crippen MR) is 69.4 cm³/mol. The molecule has 0 aliphatic heterocycles. The van der Waals surface area contributed by atoms with E-state index in [-0.39, 0.29) is 5.92 Å². The first-order valence-electron chi connectivity index (χ1n) is 6.03. The highest BCUT2D eigenvalue weighted by Gasteiger charge is 2.31. The summed E-state index contributed by atoms with van der Waals surface area (Å²) in [6, 6.07) is -1.91. The van der Waals surface area contributed by atoms with Gasteiger partial charge in [0.05, 0.1) is 0 Å². The molecule has 0 aliphatic rings. The minimum absolute atomic E-state index is 0.279. The topological polar surface area (TPSA) is 156 Å². The van der Waals surface area contributed by atoms with Crippen molar-refractivity contribution in [1.29, 1.82) is 0 Å². The van der Waals surface area contributed by atoms with Crippen LogP contribution in [0.3, 0.4) is 0 Å². The number of hydrogen-bond acceptors (Lipinski definition) is 4. The molecule has 0 rings (SSSR count). The van der Waals surface area contributed by atoms with Crippen LogP contribution >= 0.6 is 0 Å². The maximum Gasteiger partial charge on any atom is 0.323 e. The van der Waals surface area contributed by atoms with Gasteiger partial charge in [-0.25, -0.2) is 4.79 Å². The van der Waals surface area contributed by atoms with Crippen LogP contribution in [0.5, 0.6) is 0 Å². The first-order valence-corrected chi connectivity index (χ1v) is 6.03. The molecular formula is C11H20N4O5. The lowest BCUT2D eigenvalue weighted by atomic mass is 9.98. The Morgan fingerprint density at radius 1 is 1.20 bits per heavy atom. The van der Waals surface area contributed by atoms with Crippen LogP contribution in [-0.4, -0.2) is 53.0 Å². The highest BCUT2D eigenvalue weighted by Crippen LogP contribution is 2.11. The van der Waals surface area contributed by atoms with Crippen molar-refractivity contribution in [1.82, 2.24) is 10.2 Å². The zero-order chi connectivity index (χ0) is 15.9. The molecule has 4 amide bonds. The third-order valence-electron chi connectivity index (χ3n) is 2.76. The van der Waals surface area contributed by atoms with E-state index in [0.29, 0.717) is 6.42 Å². The lowest BCUT2D eigenvalue weighted by molar-refractivity contribution is -0.147. The van der Waals surface area contributed by atoms with Gasteiger partial charge in [0, 0.05) is 0 Å². The van der Waals surface area contributed by atoms with Gasteiger partial charge in [-0.1, -0.05) is 20.3 Å². The fourth-order valence-electron chi connectivity index (χ4n) is 1.60. The van der Waals surface area contributed by atoms with Crippen molar-refractivity contribution in [3.63, 3.8) is 0 Å². The molecule has 0 aliphatic carbocycles. The van der Waals surface area contributed by atoms with E-state index < -0.39 is 42.9 Å². The molecule has 0 saturated heterocycles. The summed E-state index contributed by atoms with van der Waals surface area (Å²) < 4.78 is 0. The van der Waals surface area contributed by atoms with E-state index in [9.17, 15) is 19.2 Å². The molecule has 0 aromatic carbocycles.